The van der Waals surface area contributed by atoms with Gasteiger partial charge in [0.05, 0.1) is 40.3 Å². The zero-order valence-electron chi connectivity index (χ0n) is 24.3. The summed E-state index contributed by atoms with van der Waals surface area (Å²) in [7, 11) is 0. The average Bonchev–Trinajstić information content (AvgIpc) is 2.93. The quantitative estimate of drug-likeness (QED) is 0.359. The van der Waals surface area contributed by atoms with Gasteiger partial charge in [0.2, 0.25) is 0 Å². The molecule has 0 saturated carbocycles. The Balaban J connectivity index is 0.000000226. The monoisotopic (exact) mass is 553 g/mol. The zero-order valence-corrected chi connectivity index (χ0v) is 24.3. The highest BCUT2D eigenvalue weighted by Gasteiger charge is 2.16. The van der Waals surface area contributed by atoms with Crippen LogP contribution in [-0.2, 0) is 0 Å². The molecular formula is C30H31N7O4. The molecule has 41 heavy (non-hydrogen) atoms. The van der Waals surface area contributed by atoms with E-state index in [1.54, 1.807) is 79.7 Å². The van der Waals surface area contributed by atoms with Crippen LogP contribution in [0.15, 0.2) is 43.4 Å². The van der Waals surface area contributed by atoms with E-state index in [9.17, 15) is 19.2 Å². The van der Waals surface area contributed by atoms with Gasteiger partial charge in [-0.3, -0.25) is 9.59 Å². The summed E-state index contributed by atoms with van der Waals surface area (Å²) in [5, 5.41) is 18.0. The van der Waals surface area contributed by atoms with Crippen molar-refractivity contribution < 1.29 is 0 Å². The molecule has 0 radical (unpaired) electrons. The van der Waals surface area contributed by atoms with Gasteiger partial charge >= 0.3 is 11.4 Å². The Labute approximate surface area is 236 Å². The standard InChI is InChI=1S/C15H16N4O2.C15H15N3O2/c1-8-6-13(9(2)5-12(8)7-16)18-14(20)10(3)11(4)19(17)15(18)21;1-8-6-13(9(2)5-12(8)7-16)18-14(19)10(3)11(4)17-15(18)20/h5-6H,17H2,1-4H3;5-6H,1-4H3,(H,17,20). The molecule has 2 aromatic heterocycles. The van der Waals surface area contributed by atoms with Crippen molar-refractivity contribution in [2.45, 2.75) is 55.4 Å². The van der Waals surface area contributed by atoms with Crippen LogP contribution < -0.4 is 28.3 Å². The Morgan fingerprint density at radius 2 is 1.10 bits per heavy atom. The van der Waals surface area contributed by atoms with E-state index >= 15 is 0 Å². The van der Waals surface area contributed by atoms with E-state index in [-0.39, 0.29) is 5.56 Å². The number of H-pyrrole nitrogens is 1. The summed E-state index contributed by atoms with van der Waals surface area (Å²) < 4.78 is 3.13. The zero-order chi connectivity index (χ0) is 30.9. The van der Waals surface area contributed by atoms with Crippen LogP contribution in [0.5, 0.6) is 0 Å². The first kappa shape index (κ1) is 30.1. The molecule has 0 fully saturated rings. The lowest BCUT2D eigenvalue weighted by Gasteiger charge is -2.14. The molecule has 0 spiro atoms. The normalized spacial score (nSPS) is 10.4. The molecule has 2 aromatic carbocycles. The van der Waals surface area contributed by atoms with Gasteiger partial charge in [-0.25, -0.2) is 23.4 Å². The Kier molecular flexibility index (Phi) is 8.35. The summed E-state index contributed by atoms with van der Waals surface area (Å²) in [6.45, 7) is 13.7. The van der Waals surface area contributed by atoms with E-state index in [1.807, 2.05) is 0 Å². The second-order valence-electron chi connectivity index (χ2n) is 9.96. The van der Waals surface area contributed by atoms with Crippen molar-refractivity contribution in [3.8, 4) is 23.5 Å². The van der Waals surface area contributed by atoms with Crippen molar-refractivity contribution in [3.63, 3.8) is 0 Å². The first-order valence-electron chi connectivity index (χ1n) is 12.6. The summed E-state index contributed by atoms with van der Waals surface area (Å²) in [5.41, 5.74) is 4.95. The molecule has 11 nitrogen and oxygen atoms in total. The van der Waals surface area contributed by atoms with E-state index in [2.05, 4.69) is 17.1 Å². The highest BCUT2D eigenvalue weighted by Crippen LogP contribution is 2.18. The topological polar surface area (TPSA) is 172 Å². The molecule has 0 saturated heterocycles. The second-order valence-corrected chi connectivity index (χ2v) is 9.96. The molecule has 3 N–H and O–H groups in total. The van der Waals surface area contributed by atoms with Crippen molar-refractivity contribution in [2.75, 3.05) is 5.84 Å². The second kappa shape index (κ2) is 11.4. The highest BCUT2D eigenvalue weighted by atomic mass is 16.2. The smallest absolute Gasteiger partial charge is 0.335 e. The molecule has 0 aliphatic carbocycles. The van der Waals surface area contributed by atoms with E-state index in [1.165, 1.54) is 0 Å². The van der Waals surface area contributed by atoms with E-state index in [0.717, 1.165) is 19.4 Å². The molecule has 4 rings (SSSR count). The highest BCUT2D eigenvalue weighted by molar-refractivity contribution is 5.52. The van der Waals surface area contributed by atoms with Crippen LogP contribution in [0.25, 0.3) is 11.4 Å². The fraction of sp³-hybridized carbons (Fsp3) is 0.267. The van der Waals surface area contributed by atoms with Crippen LogP contribution in [0.1, 0.15) is 55.9 Å². The lowest BCUT2D eigenvalue weighted by Crippen LogP contribution is -2.44. The molecule has 11 heteroatoms. The third-order valence-corrected chi connectivity index (χ3v) is 7.22. The van der Waals surface area contributed by atoms with Crippen LogP contribution in [-0.4, -0.2) is 18.8 Å². The van der Waals surface area contributed by atoms with Crippen molar-refractivity contribution in [1.82, 2.24) is 18.8 Å². The van der Waals surface area contributed by atoms with Gasteiger partial charge in [-0.2, -0.15) is 10.5 Å². The maximum absolute atomic E-state index is 12.4. The number of aromatic nitrogens is 4. The molecule has 0 unspecified atom stereocenters. The first-order valence-corrected chi connectivity index (χ1v) is 12.6. The molecule has 0 bridgehead atoms. The van der Waals surface area contributed by atoms with E-state index in [4.69, 9.17) is 16.4 Å². The Bertz CT molecular complexity index is 2010. The number of aromatic amines is 1. The van der Waals surface area contributed by atoms with Crippen LogP contribution in [0.4, 0.5) is 0 Å². The van der Waals surface area contributed by atoms with Gasteiger partial charge in [-0.05, 0) is 102 Å². The predicted octanol–water partition coefficient (Wildman–Crippen LogP) is 2.45. The number of benzene rings is 2. The minimum Gasteiger partial charge on any atom is -0.335 e. The first-order chi connectivity index (χ1) is 19.2. The third kappa shape index (κ3) is 5.38. The summed E-state index contributed by atoms with van der Waals surface area (Å²) in [6, 6.07) is 10.9. The summed E-state index contributed by atoms with van der Waals surface area (Å²) in [5.74, 6) is 5.73. The predicted molar refractivity (Wildman–Crippen MR) is 156 cm³/mol. The fourth-order valence-corrected chi connectivity index (χ4v) is 4.33. The summed E-state index contributed by atoms with van der Waals surface area (Å²) in [4.78, 5) is 51.8. The number of nitrogens with one attached hydrogen (secondary N) is 1. The number of nitriles is 2. The number of rotatable bonds is 2. The largest absolute Gasteiger partial charge is 0.354 e. The van der Waals surface area contributed by atoms with Crippen LogP contribution in [0, 0.1) is 78.1 Å². The molecule has 210 valence electrons. The van der Waals surface area contributed by atoms with Crippen LogP contribution in [0.2, 0.25) is 0 Å². The third-order valence-electron chi connectivity index (χ3n) is 7.22. The lowest BCUT2D eigenvalue weighted by atomic mass is 10.0. The van der Waals surface area contributed by atoms with Crippen molar-refractivity contribution in [3.05, 3.63) is 122 Å². The van der Waals surface area contributed by atoms with Crippen molar-refractivity contribution in [1.29, 1.82) is 10.5 Å². The van der Waals surface area contributed by atoms with Gasteiger partial charge in [0.1, 0.15) is 0 Å². The Hall–Kier alpha value is -5.42. The molecule has 4 aromatic rings. The number of nitrogen functional groups attached to an aromatic ring is 1. The SMILES string of the molecule is Cc1cc(-n2c(=O)[nH]c(C)c(C)c2=O)c(C)cc1C#N.Cc1cc(-n2c(=O)c(C)c(C)n(N)c2=O)c(C)cc1C#N. The fourth-order valence-electron chi connectivity index (χ4n) is 4.33. The van der Waals surface area contributed by atoms with Gasteiger partial charge < -0.3 is 10.8 Å². The molecular weight excluding hydrogens is 522 g/mol. The Morgan fingerprint density at radius 3 is 1.56 bits per heavy atom. The number of nitrogens with two attached hydrogens (primary N) is 1. The minimum absolute atomic E-state index is 0.335. The van der Waals surface area contributed by atoms with Crippen molar-refractivity contribution in [2.24, 2.45) is 0 Å². The number of nitrogens with zero attached hydrogens (tertiary/aromatic N) is 5. The van der Waals surface area contributed by atoms with Crippen LogP contribution in [0.3, 0.4) is 0 Å². The molecule has 0 aliphatic rings. The van der Waals surface area contributed by atoms with E-state index < -0.39 is 16.9 Å². The minimum atomic E-state index is -0.602. The number of aryl methyl sites for hydroxylation is 5. The summed E-state index contributed by atoms with van der Waals surface area (Å²) in [6.07, 6.45) is 0. The maximum atomic E-state index is 12.4. The van der Waals surface area contributed by atoms with Gasteiger partial charge in [-0.1, -0.05) is 0 Å². The molecule has 0 aliphatic heterocycles. The number of hydrogen-bond acceptors (Lipinski definition) is 7. The van der Waals surface area contributed by atoms with Gasteiger partial charge in [-0.15, -0.1) is 0 Å². The number of hydrogen-bond donors (Lipinski definition) is 2. The lowest BCUT2D eigenvalue weighted by molar-refractivity contribution is 0.735. The van der Waals surface area contributed by atoms with Gasteiger partial charge in [0.25, 0.3) is 11.1 Å². The van der Waals surface area contributed by atoms with Gasteiger partial charge in [0, 0.05) is 16.8 Å². The van der Waals surface area contributed by atoms with Gasteiger partial charge in [0.15, 0.2) is 0 Å². The van der Waals surface area contributed by atoms with E-state index in [0.29, 0.717) is 61.7 Å². The molecule has 0 amide bonds. The van der Waals surface area contributed by atoms with Crippen LogP contribution >= 0.6 is 0 Å². The maximum Gasteiger partial charge on any atom is 0.354 e. The average molecular weight is 554 g/mol. The Morgan fingerprint density at radius 1 is 0.659 bits per heavy atom. The molecule has 0 atom stereocenters. The van der Waals surface area contributed by atoms with Crippen molar-refractivity contribution >= 4 is 0 Å². The summed E-state index contributed by atoms with van der Waals surface area (Å²) >= 11 is 0. The molecule has 2 heterocycles.